The molecule has 0 aliphatic heterocycles. The van der Waals surface area contributed by atoms with Crippen molar-refractivity contribution in [3.05, 3.63) is 54.4 Å². The summed E-state index contributed by atoms with van der Waals surface area (Å²) < 4.78 is 2.03. The van der Waals surface area contributed by atoms with Gasteiger partial charge in [0.05, 0.1) is 0 Å². The minimum Gasteiger partial charge on any atom is -0.378 e. The number of nitrogens with zero attached hydrogens (tertiary/aromatic N) is 2. The van der Waals surface area contributed by atoms with Gasteiger partial charge in [0.2, 0.25) is 0 Å². The molecule has 0 spiro atoms. The fourth-order valence-electron chi connectivity index (χ4n) is 1.50. The zero-order chi connectivity index (χ0) is 11.4. The Bertz CT molecular complexity index is 450. The highest BCUT2D eigenvalue weighted by molar-refractivity contribution is 5.62. The lowest BCUT2D eigenvalue weighted by Crippen LogP contribution is -2.07. The van der Waals surface area contributed by atoms with E-state index < -0.39 is 0 Å². The van der Waals surface area contributed by atoms with Crippen LogP contribution < -0.4 is 4.90 Å². The molecule has 0 aliphatic carbocycles. The largest absolute Gasteiger partial charge is 0.378 e. The van der Waals surface area contributed by atoms with Crippen LogP contribution >= 0.6 is 0 Å². The topological polar surface area (TPSA) is 8.17 Å². The summed E-state index contributed by atoms with van der Waals surface area (Å²) in [5.41, 5.74) is 2.43. The summed E-state index contributed by atoms with van der Waals surface area (Å²) in [6.45, 7) is 0. The number of aromatic nitrogens is 1. The second kappa shape index (κ2) is 4.71. The van der Waals surface area contributed by atoms with Crippen molar-refractivity contribution in [3.63, 3.8) is 0 Å². The first-order chi connectivity index (χ1) is 7.75. The number of rotatable bonds is 3. The summed E-state index contributed by atoms with van der Waals surface area (Å²) in [4.78, 5) is 2.10. The molecule has 0 bridgehead atoms. The summed E-state index contributed by atoms with van der Waals surface area (Å²) in [6, 6.07) is 12.5. The van der Waals surface area contributed by atoms with Gasteiger partial charge in [-0.1, -0.05) is 12.1 Å². The molecule has 1 aromatic heterocycles. The molecule has 0 atom stereocenters. The quantitative estimate of drug-likeness (QED) is 0.758. The van der Waals surface area contributed by atoms with Crippen molar-refractivity contribution < 1.29 is 0 Å². The highest BCUT2D eigenvalue weighted by Gasteiger charge is 1.93. The van der Waals surface area contributed by atoms with E-state index in [1.807, 2.05) is 49.4 Å². The molecule has 0 N–H and O–H groups in total. The molecular formula is C14H16N2. The average molecular weight is 212 g/mol. The third-order valence-electron chi connectivity index (χ3n) is 2.48. The zero-order valence-corrected chi connectivity index (χ0v) is 9.67. The van der Waals surface area contributed by atoms with Gasteiger partial charge in [-0.3, -0.25) is 0 Å². The molecule has 16 heavy (non-hydrogen) atoms. The van der Waals surface area contributed by atoms with Crippen molar-refractivity contribution in [1.29, 1.82) is 0 Å². The van der Waals surface area contributed by atoms with Crippen LogP contribution in [0.3, 0.4) is 0 Å². The molecule has 1 heterocycles. The van der Waals surface area contributed by atoms with Crippen molar-refractivity contribution in [3.8, 4) is 0 Å². The lowest BCUT2D eigenvalue weighted by Gasteiger charge is -2.11. The second-order valence-electron chi connectivity index (χ2n) is 3.93. The van der Waals surface area contributed by atoms with Crippen LogP contribution in [0, 0.1) is 0 Å². The van der Waals surface area contributed by atoms with E-state index in [1.165, 1.54) is 11.3 Å². The van der Waals surface area contributed by atoms with E-state index in [0.717, 1.165) is 0 Å². The monoisotopic (exact) mass is 212 g/mol. The molecule has 0 unspecified atom stereocenters. The lowest BCUT2D eigenvalue weighted by atomic mass is 10.2. The van der Waals surface area contributed by atoms with Gasteiger partial charge in [0, 0.05) is 38.4 Å². The Hall–Kier alpha value is -1.96. The molecule has 0 saturated carbocycles. The van der Waals surface area contributed by atoms with Crippen molar-refractivity contribution in [1.82, 2.24) is 4.57 Å². The van der Waals surface area contributed by atoms with Gasteiger partial charge in [-0.2, -0.15) is 0 Å². The molecule has 0 amide bonds. The van der Waals surface area contributed by atoms with Crippen LogP contribution in [0.2, 0.25) is 0 Å². The van der Waals surface area contributed by atoms with E-state index >= 15 is 0 Å². The molecule has 2 rings (SSSR count). The predicted octanol–water partition coefficient (Wildman–Crippen LogP) is 3.18. The van der Waals surface area contributed by atoms with Gasteiger partial charge in [0.15, 0.2) is 0 Å². The summed E-state index contributed by atoms with van der Waals surface area (Å²) >= 11 is 0. The number of anilines is 1. The van der Waals surface area contributed by atoms with Gasteiger partial charge in [-0.15, -0.1) is 0 Å². The fourth-order valence-corrected chi connectivity index (χ4v) is 1.50. The smallest absolute Gasteiger partial charge is 0.0361 e. The van der Waals surface area contributed by atoms with Crippen molar-refractivity contribution in [2.45, 2.75) is 0 Å². The first-order valence-corrected chi connectivity index (χ1v) is 5.34. The van der Waals surface area contributed by atoms with E-state index in [2.05, 4.69) is 35.2 Å². The average Bonchev–Trinajstić information content (AvgIpc) is 2.80. The van der Waals surface area contributed by atoms with Crippen LogP contribution in [0.1, 0.15) is 5.56 Å². The highest BCUT2D eigenvalue weighted by Crippen LogP contribution is 2.13. The number of hydrogen-bond donors (Lipinski definition) is 0. The first kappa shape index (κ1) is 10.6. The van der Waals surface area contributed by atoms with E-state index in [1.54, 1.807) is 0 Å². The predicted molar refractivity (Wildman–Crippen MR) is 70.4 cm³/mol. The zero-order valence-electron chi connectivity index (χ0n) is 9.67. The molecule has 82 valence electrons. The minimum absolute atomic E-state index is 1.21. The summed E-state index contributed by atoms with van der Waals surface area (Å²) in [5, 5.41) is 0. The summed E-state index contributed by atoms with van der Waals surface area (Å²) in [7, 11) is 4.09. The number of benzene rings is 1. The van der Waals surface area contributed by atoms with Crippen LogP contribution in [0.15, 0.2) is 48.8 Å². The lowest BCUT2D eigenvalue weighted by molar-refractivity contribution is 1.13. The maximum Gasteiger partial charge on any atom is 0.0361 e. The summed E-state index contributed by atoms with van der Waals surface area (Å²) in [5.74, 6) is 0. The Morgan fingerprint density at radius 2 is 1.62 bits per heavy atom. The SMILES string of the molecule is CN(C)c1ccc(/C=C/n2cccc2)cc1. The van der Waals surface area contributed by atoms with Gasteiger partial charge < -0.3 is 9.47 Å². The van der Waals surface area contributed by atoms with E-state index in [9.17, 15) is 0 Å². The fraction of sp³-hybridized carbons (Fsp3) is 0.143. The third kappa shape index (κ3) is 2.54. The number of hydrogen-bond acceptors (Lipinski definition) is 1. The highest BCUT2D eigenvalue weighted by atomic mass is 15.1. The van der Waals surface area contributed by atoms with Gasteiger partial charge in [-0.05, 0) is 35.9 Å². The molecule has 1 aromatic carbocycles. The van der Waals surface area contributed by atoms with Crippen LogP contribution in [-0.4, -0.2) is 18.7 Å². The normalized spacial score (nSPS) is 10.9. The van der Waals surface area contributed by atoms with Gasteiger partial charge in [0.25, 0.3) is 0 Å². The van der Waals surface area contributed by atoms with Gasteiger partial charge in [0.1, 0.15) is 0 Å². The Kier molecular flexibility index (Phi) is 3.10. The molecule has 2 nitrogen and oxygen atoms in total. The molecule has 2 heteroatoms. The maximum atomic E-state index is 2.12. The van der Waals surface area contributed by atoms with Crippen LogP contribution in [-0.2, 0) is 0 Å². The first-order valence-electron chi connectivity index (χ1n) is 5.34. The van der Waals surface area contributed by atoms with E-state index in [-0.39, 0.29) is 0 Å². The summed E-state index contributed by atoms with van der Waals surface area (Å²) in [6.07, 6.45) is 8.18. The van der Waals surface area contributed by atoms with Crippen LogP contribution in [0.4, 0.5) is 5.69 Å². The Labute approximate surface area is 96.4 Å². The third-order valence-corrected chi connectivity index (χ3v) is 2.48. The molecule has 2 aromatic rings. The molecule has 0 fully saturated rings. The standard InChI is InChI=1S/C14H16N2/c1-15(2)14-7-5-13(6-8-14)9-12-16-10-3-4-11-16/h3-12H,1-2H3/b12-9+. The second-order valence-corrected chi connectivity index (χ2v) is 3.93. The Balaban J connectivity index is 2.11. The van der Waals surface area contributed by atoms with Crippen molar-refractivity contribution in [2.75, 3.05) is 19.0 Å². The molecular weight excluding hydrogens is 196 g/mol. The Morgan fingerprint density at radius 1 is 1.00 bits per heavy atom. The van der Waals surface area contributed by atoms with Crippen LogP contribution in [0.5, 0.6) is 0 Å². The van der Waals surface area contributed by atoms with Gasteiger partial charge >= 0.3 is 0 Å². The van der Waals surface area contributed by atoms with Gasteiger partial charge in [-0.25, -0.2) is 0 Å². The van der Waals surface area contributed by atoms with Crippen molar-refractivity contribution in [2.24, 2.45) is 0 Å². The maximum absolute atomic E-state index is 2.12. The molecule has 0 aliphatic rings. The van der Waals surface area contributed by atoms with Crippen molar-refractivity contribution >= 4 is 18.0 Å². The Morgan fingerprint density at radius 3 is 2.19 bits per heavy atom. The van der Waals surface area contributed by atoms with E-state index in [0.29, 0.717) is 0 Å². The molecule has 0 saturated heterocycles. The van der Waals surface area contributed by atoms with E-state index in [4.69, 9.17) is 0 Å². The molecule has 0 radical (unpaired) electrons. The minimum atomic E-state index is 1.21. The van der Waals surface area contributed by atoms with Crippen LogP contribution in [0.25, 0.3) is 12.3 Å².